The molecule has 1 amide bonds. The molecule has 1 aromatic carbocycles. The molecule has 0 aliphatic carbocycles. The van der Waals surface area contributed by atoms with Crippen LogP contribution in [0.25, 0.3) is 0 Å². The van der Waals surface area contributed by atoms with Crippen LogP contribution in [-0.2, 0) is 14.3 Å². The molecule has 1 aromatic rings. The van der Waals surface area contributed by atoms with Gasteiger partial charge in [0.15, 0.2) is 0 Å². The summed E-state index contributed by atoms with van der Waals surface area (Å²) in [7, 11) is 0. The molecule has 1 heterocycles. The van der Waals surface area contributed by atoms with Crippen molar-refractivity contribution in [3.63, 3.8) is 0 Å². The Bertz CT molecular complexity index is 625. The van der Waals surface area contributed by atoms with Gasteiger partial charge in [0.2, 0.25) is 0 Å². The smallest absolute Gasteiger partial charge is 0.407 e. The van der Waals surface area contributed by atoms with Crippen LogP contribution < -0.4 is 0 Å². The summed E-state index contributed by atoms with van der Waals surface area (Å²) >= 11 is 12.1. The summed E-state index contributed by atoms with van der Waals surface area (Å²) in [5, 5.41) is 10.2. The third kappa shape index (κ3) is 5.49. The first-order chi connectivity index (χ1) is 11.9. The fraction of sp³-hybridized carbons (Fsp3) is 0.529. The van der Waals surface area contributed by atoms with Gasteiger partial charge in [-0.1, -0.05) is 29.3 Å². The summed E-state index contributed by atoms with van der Waals surface area (Å²) in [6.45, 7) is 2.90. The molecule has 2 rings (SSSR count). The predicted octanol–water partition coefficient (Wildman–Crippen LogP) is 3.80. The predicted molar refractivity (Wildman–Crippen MR) is 94.4 cm³/mol. The number of carboxylic acid groups (broad SMARTS) is 1. The maximum atomic E-state index is 11.7. The molecule has 0 bridgehead atoms. The van der Waals surface area contributed by atoms with E-state index in [0.29, 0.717) is 23.1 Å². The van der Waals surface area contributed by atoms with Crippen molar-refractivity contribution in [1.82, 2.24) is 4.90 Å². The first-order valence-corrected chi connectivity index (χ1v) is 8.88. The van der Waals surface area contributed by atoms with Crippen LogP contribution in [-0.4, -0.2) is 54.5 Å². The largest absolute Gasteiger partial charge is 0.466 e. The molecule has 0 unspecified atom stereocenters. The van der Waals surface area contributed by atoms with E-state index >= 15 is 0 Å². The van der Waals surface area contributed by atoms with E-state index in [1.807, 2.05) is 6.07 Å². The Balaban J connectivity index is 2.22. The van der Waals surface area contributed by atoms with E-state index in [1.165, 1.54) is 4.90 Å². The van der Waals surface area contributed by atoms with Gasteiger partial charge in [0.05, 0.1) is 29.4 Å². The van der Waals surface area contributed by atoms with Crippen molar-refractivity contribution in [3.05, 3.63) is 33.8 Å². The lowest BCUT2D eigenvalue weighted by Crippen LogP contribution is -2.35. The standard InChI is InChI=1S/C17H21Cl2NO5/c1-2-24-16(21)6-5-15-12(10-20(17(22)23)7-8-25-15)11-3-4-13(18)14(19)9-11/h3-4,9,12,15H,2,5-8,10H2,1H3,(H,22,23)/t12-,15+/m1/s1. The summed E-state index contributed by atoms with van der Waals surface area (Å²) in [5.41, 5.74) is 0.830. The Morgan fingerprint density at radius 1 is 1.36 bits per heavy atom. The number of nitrogens with zero attached hydrogens (tertiary/aromatic N) is 1. The SMILES string of the molecule is CCOC(=O)CC[C@@H]1OCCN(C(=O)O)C[C@@H]1c1ccc(Cl)c(Cl)c1. The Morgan fingerprint density at radius 3 is 2.76 bits per heavy atom. The normalized spacial score (nSPS) is 20.8. The van der Waals surface area contributed by atoms with Crippen molar-refractivity contribution in [1.29, 1.82) is 0 Å². The molecular weight excluding hydrogens is 369 g/mol. The van der Waals surface area contributed by atoms with E-state index < -0.39 is 6.09 Å². The maximum absolute atomic E-state index is 11.7. The first kappa shape index (κ1) is 19.8. The number of hydrogen-bond donors (Lipinski definition) is 1. The second-order valence-corrected chi connectivity index (χ2v) is 6.58. The molecule has 8 heteroatoms. The van der Waals surface area contributed by atoms with E-state index in [-0.39, 0.29) is 44.1 Å². The molecule has 0 spiro atoms. The van der Waals surface area contributed by atoms with E-state index in [9.17, 15) is 14.7 Å². The summed E-state index contributed by atoms with van der Waals surface area (Å²) in [6.07, 6.45) is -0.661. The summed E-state index contributed by atoms with van der Waals surface area (Å²) in [5.74, 6) is -0.541. The molecule has 1 fully saturated rings. The van der Waals surface area contributed by atoms with Crippen LogP contribution in [0.3, 0.4) is 0 Å². The van der Waals surface area contributed by atoms with E-state index in [1.54, 1.807) is 19.1 Å². The Morgan fingerprint density at radius 2 is 2.12 bits per heavy atom. The zero-order chi connectivity index (χ0) is 18.4. The van der Waals surface area contributed by atoms with Crippen LogP contribution in [0.1, 0.15) is 31.2 Å². The van der Waals surface area contributed by atoms with Gasteiger partial charge in [-0.05, 0) is 31.0 Å². The Kier molecular flexibility index (Phi) is 7.35. The zero-order valence-corrected chi connectivity index (χ0v) is 15.4. The molecule has 1 saturated heterocycles. The summed E-state index contributed by atoms with van der Waals surface area (Å²) in [4.78, 5) is 24.4. The third-order valence-electron chi connectivity index (χ3n) is 4.14. The minimum atomic E-state index is -1.00. The zero-order valence-electron chi connectivity index (χ0n) is 13.9. The van der Waals surface area contributed by atoms with Gasteiger partial charge in [0.25, 0.3) is 0 Å². The Hall–Kier alpha value is -1.50. The number of ether oxygens (including phenoxy) is 2. The molecule has 138 valence electrons. The van der Waals surface area contributed by atoms with Crippen molar-refractivity contribution in [2.45, 2.75) is 31.8 Å². The lowest BCUT2D eigenvalue weighted by Gasteiger charge is -2.27. The van der Waals surface area contributed by atoms with Crippen molar-refractivity contribution in [3.8, 4) is 0 Å². The molecule has 2 atom stereocenters. The quantitative estimate of drug-likeness (QED) is 0.774. The molecule has 1 aliphatic rings. The summed E-state index contributed by atoms with van der Waals surface area (Å²) in [6, 6.07) is 5.21. The summed E-state index contributed by atoms with van der Waals surface area (Å²) < 4.78 is 10.8. The number of hydrogen-bond acceptors (Lipinski definition) is 4. The fourth-order valence-electron chi connectivity index (χ4n) is 2.89. The number of carbonyl (C=O) groups excluding carboxylic acids is 1. The van der Waals surface area contributed by atoms with Gasteiger partial charge in [0.1, 0.15) is 0 Å². The van der Waals surface area contributed by atoms with Crippen molar-refractivity contribution >= 4 is 35.3 Å². The molecule has 0 radical (unpaired) electrons. The highest BCUT2D eigenvalue weighted by Gasteiger charge is 2.32. The number of halogens is 2. The number of esters is 1. The van der Waals surface area contributed by atoms with E-state index in [2.05, 4.69) is 0 Å². The van der Waals surface area contributed by atoms with Crippen molar-refractivity contribution in [2.75, 3.05) is 26.3 Å². The van der Waals surface area contributed by atoms with Crippen LogP contribution >= 0.6 is 23.2 Å². The van der Waals surface area contributed by atoms with Crippen LogP contribution in [0.2, 0.25) is 10.0 Å². The van der Waals surface area contributed by atoms with Crippen LogP contribution in [0.4, 0.5) is 4.79 Å². The van der Waals surface area contributed by atoms with Crippen LogP contribution in [0.15, 0.2) is 18.2 Å². The molecule has 0 aromatic heterocycles. The molecule has 6 nitrogen and oxygen atoms in total. The van der Waals surface area contributed by atoms with Gasteiger partial charge in [-0.3, -0.25) is 4.79 Å². The Labute approximate surface area is 156 Å². The van der Waals surface area contributed by atoms with Gasteiger partial charge in [-0.2, -0.15) is 0 Å². The minimum Gasteiger partial charge on any atom is -0.466 e. The highest BCUT2D eigenvalue weighted by atomic mass is 35.5. The fourth-order valence-corrected chi connectivity index (χ4v) is 3.20. The highest BCUT2D eigenvalue weighted by Crippen LogP contribution is 2.32. The highest BCUT2D eigenvalue weighted by molar-refractivity contribution is 6.42. The lowest BCUT2D eigenvalue weighted by molar-refractivity contribution is -0.144. The molecule has 1 aliphatic heterocycles. The van der Waals surface area contributed by atoms with Crippen molar-refractivity contribution in [2.24, 2.45) is 0 Å². The third-order valence-corrected chi connectivity index (χ3v) is 4.88. The number of carbonyl (C=O) groups is 2. The maximum Gasteiger partial charge on any atom is 0.407 e. The average Bonchev–Trinajstić information content (AvgIpc) is 2.78. The van der Waals surface area contributed by atoms with Crippen LogP contribution in [0.5, 0.6) is 0 Å². The van der Waals surface area contributed by atoms with Crippen molar-refractivity contribution < 1.29 is 24.2 Å². The number of amides is 1. The van der Waals surface area contributed by atoms with Crippen LogP contribution in [0, 0.1) is 0 Å². The van der Waals surface area contributed by atoms with Gasteiger partial charge in [-0.15, -0.1) is 0 Å². The van der Waals surface area contributed by atoms with Gasteiger partial charge >= 0.3 is 12.1 Å². The topological polar surface area (TPSA) is 76.1 Å². The first-order valence-electron chi connectivity index (χ1n) is 8.12. The molecular formula is C17H21Cl2NO5. The van der Waals surface area contributed by atoms with Gasteiger partial charge < -0.3 is 19.5 Å². The molecule has 25 heavy (non-hydrogen) atoms. The average molecular weight is 390 g/mol. The number of benzene rings is 1. The van der Waals surface area contributed by atoms with E-state index in [0.717, 1.165) is 5.56 Å². The monoisotopic (exact) mass is 389 g/mol. The van der Waals surface area contributed by atoms with Gasteiger partial charge in [-0.25, -0.2) is 4.79 Å². The van der Waals surface area contributed by atoms with Gasteiger partial charge in [0, 0.05) is 25.4 Å². The minimum absolute atomic E-state index is 0.212. The molecule has 0 saturated carbocycles. The second-order valence-electron chi connectivity index (χ2n) is 5.76. The number of rotatable bonds is 5. The second kappa shape index (κ2) is 9.27. The lowest BCUT2D eigenvalue weighted by atomic mass is 9.90. The molecule has 1 N–H and O–H groups in total. The van der Waals surface area contributed by atoms with E-state index in [4.69, 9.17) is 32.7 Å².